The summed E-state index contributed by atoms with van der Waals surface area (Å²) in [5, 5.41) is 10.4. The predicted molar refractivity (Wildman–Crippen MR) is 67.9 cm³/mol. The van der Waals surface area contributed by atoms with Crippen molar-refractivity contribution < 1.29 is 14.3 Å². The first-order chi connectivity index (χ1) is 8.65. The minimum atomic E-state index is -0.631. The minimum absolute atomic E-state index is 0.631. The quantitative estimate of drug-likeness (QED) is 0.883. The van der Waals surface area contributed by atoms with Crippen LogP contribution in [0.1, 0.15) is 34.3 Å². The van der Waals surface area contributed by atoms with Crippen LogP contribution < -0.4 is 4.74 Å². The molecule has 1 aliphatic heterocycles. The maximum absolute atomic E-state index is 10.4. The first kappa shape index (κ1) is 11.4. The second-order valence-corrected chi connectivity index (χ2v) is 4.74. The summed E-state index contributed by atoms with van der Waals surface area (Å²) in [7, 11) is 0. The molecule has 0 aliphatic carbocycles. The van der Waals surface area contributed by atoms with Crippen molar-refractivity contribution in [2.75, 3.05) is 6.61 Å². The Morgan fingerprint density at radius 1 is 1.22 bits per heavy atom. The van der Waals surface area contributed by atoms with Crippen molar-refractivity contribution in [2.24, 2.45) is 0 Å². The molecule has 1 unspecified atom stereocenters. The van der Waals surface area contributed by atoms with E-state index in [4.69, 9.17) is 9.15 Å². The van der Waals surface area contributed by atoms with Crippen molar-refractivity contribution in [3.63, 3.8) is 0 Å². The molecule has 18 heavy (non-hydrogen) atoms. The first-order valence-electron chi connectivity index (χ1n) is 6.16. The zero-order valence-electron chi connectivity index (χ0n) is 10.6. The van der Waals surface area contributed by atoms with Crippen LogP contribution in [0.15, 0.2) is 28.7 Å². The van der Waals surface area contributed by atoms with Gasteiger partial charge in [-0.3, -0.25) is 0 Å². The molecule has 0 spiro atoms. The second kappa shape index (κ2) is 4.18. The highest BCUT2D eigenvalue weighted by molar-refractivity contribution is 5.43. The van der Waals surface area contributed by atoms with Crippen LogP contribution in [0.2, 0.25) is 0 Å². The lowest BCUT2D eigenvalue weighted by Crippen LogP contribution is -2.00. The van der Waals surface area contributed by atoms with Crippen LogP contribution in [-0.2, 0) is 6.42 Å². The molecule has 0 bridgehead atoms. The van der Waals surface area contributed by atoms with E-state index in [9.17, 15) is 5.11 Å². The molecule has 1 N–H and O–H groups in total. The van der Waals surface area contributed by atoms with E-state index in [0.717, 1.165) is 41.4 Å². The van der Waals surface area contributed by atoms with Gasteiger partial charge in [-0.05, 0) is 43.2 Å². The van der Waals surface area contributed by atoms with Crippen molar-refractivity contribution in [2.45, 2.75) is 26.4 Å². The summed E-state index contributed by atoms with van der Waals surface area (Å²) in [6.45, 7) is 4.50. The van der Waals surface area contributed by atoms with Gasteiger partial charge in [0.2, 0.25) is 0 Å². The fourth-order valence-electron chi connectivity index (χ4n) is 2.48. The number of rotatable bonds is 2. The molecular formula is C15H16O3. The molecule has 3 nitrogen and oxygen atoms in total. The maximum Gasteiger partial charge on any atom is 0.122 e. The molecule has 1 atom stereocenters. The Hall–Kier alpha value is -1.74. The number of fused-ring (bicyclic) bond motifs is 1. The van der Waals surface area contributed by atoms with E-state index in [-0.39, 0.29) is 0 Å². The molecule has 0 fully saturated rings. The predicted octanol–water partition coefficient (Wildman–Crippen LogP) is 2.91. The van der Waals surface area contributed by atoms with Gasteiger partial charge in [-0.2, -0.15) is 0 Å². The number of aryl methyl sites for hydroxylation is 2. The van der Waals surface area contributed by atoms with Crippen LogP contribution in [0.25, 0.3) is 0 Å². The fourth-order valence-corrected chi connectivity index (χ4v) is 2.48. The second-order valence-electron chi connectivity index (χ2n) is 4.74. The van der Waals surface area contributed by atoms with Crippen LogP contribution >= 0.6 is 0 Å². The zero-order chi connectivity index (χ0) is 12.7. The molecule has 94 valence electrons. The largest absolute Gasteiger partial charge is 0.493 e. The highest BCUT2D eigenvalue weighted by atomic mass is 16.5. The normalized spacial score (nSPS) is 15.3. The Balaban J connectivity index is 1.97. The SMILES string of the molecule is Cc1cc(C(O)c2ccc3c(c2)CCO3)c(C)o1. The molecule has 0 saturated heterocycles. The summed E-state index contributed by atoms with van der Waals surface area (Å²) in [5.41, 5.74) is 2.90. The average molecular weight is 244 g/mol. The van der Waals surface area contributed by atoms with Crippen LogP contribution in [0.3, 0.4) is 0 Å². The first-order valence-corrected chi connectivity index (χ1v) is 6.16. The molecule has 0 saturated carbocycles. The van der Waals surface area contributed by atoms with Gasteiger partial charge in [-0.25, -0.2) is 0 Å². The summed E-state index contributed by atoms with van der Waals surface area (Å²) >= 11 is 0. The van der Waals surface area contributed by atoms with Gasteiger partial charge in [0.15, 0.2) is 0 Å². The number of benzene rings is 1. The lowest BCUT2D eigenvalue weighted by molar-refractivity contribution is 0.218. The van der Waals surface area contributed by atoms with E-state index in [1.807, 2.05) is 38.1 Å². The van der Waals surface area contributed by atoms with Crippen LogP contribution in [-0.4, -0.2) is 11.7 Å². The summed E-state index contributed by atoms with van der Waals surface area (Å²) in [6.07, 6.45) is 0.285. The van der Waals surface area contributed by atoms with Gasteiger partial charge in [0.05, 0.1) is 6.61 Å². The number of aliphatic hydroxyl groups is 1. The number of aliphatic hydroxyl groups excluding tert-OH is 1. The summed E-state index contributed by atoms with van der Waals surface area (Å²) in [6, 6.07) is 7.76. The monoisotopic (exact) mass is 244 g/mol. The Kier molecular flexibility index (Phi) is 2.63. The van der Waals surface area contributed by atoms with Gasteiger partial charge in [-0.15, -0.1) is 0 Å². The maximum atomic E-state index is 10.4. The molecule has 2 heterocycles. The van der Waals surface area contributed by atoms with E-state index in [1.165, 1.54) is 5.56 Å². The molecule has 1 aliphatic rings. The average Bonchev–Trinajstić information content (AvgIpc) is 2.93. The Morgan fingerprint density at radius 3 is 2.78 bits per heavy atom. The Labute approximate surface area is 106 Å². The van der Waals surface area contributed by atoms with Gasteiger partial charge >= 0.3 is 0 Å². The standard InChI is InChI=1S/C15H16O3/c1-9-7-13(10(2)18-9)15(16)12-3-4-14-11(8-12)5-6-17-14/h3-4,7-8,15-16H,5-6H2,1-2H3. The molecule has 2 aromatic rings. The van der Waals surface area contributed by atoms with Gasteiger partial charge in [0, 0.05) is 12.0 Å². The summed E-state index contributed by atoms with van der Waals surface area (Å²) in [5.74, 6) is 2.54. The minimum Gasteiger partial charge on any atom is -0.493 e. The van der Waals surface area contributed by atoms with Gasteiger partial charge in [-0.1, -0.05) is 6.07 Å². The number of hydrogen-bond donors (Lipinski definition) is 1. The molecule has 3 heteroatoms. The summed E-state index contributed by atoms with van der Waals surface area (Å²) in [4.78, 5) is 0. The van der Waals surface area contributed by atoms with Gasteiger partial charge in [0.25, 0.3) is 0 Å². The van der Waals surface area contributed by atoms with E-state index < -0.39 is 6.10 Å². The Bertz CT molecular complexity index is 583. The van der Waals surface area contributed by atoms with Crippen molar-refractivity contribution in [1.29, 1.82) is 0 Å². The smallest absolute Gasteiger partial charge is 0.122 e. The Morgan fingerprint density at radius 2 is 2.06 bits per heavy atom. The highest BCUT2D eigenvalue weighted by Gasteiger charge is 2.19. The van der Waals surface area contributed by atoms with Crippen molar-refractivity contribution in [3.8, 4) is 5.75 Å². The van der Waals surface area contributed by atoms with E-state index in [1.54, 1.807) is 0 Å². The molecular weight excluding hydrogens is 228 g/mol. The third kappa shape index (κ3) is 1.81. The number of ether oxygens (including phenoxy) is 1. The third-order valence-corrected chi connectivity index (χ3v) is 3.40. The van der Waals surface area contributed by atoms with E-state index in [2.05, 4.69) is 0 Å². The van der Waals surface area contributed by atoms with Crippen molar-refractivity contribution in [3.05, 3.63) is 52.5 Å². The number of hydrogen-bond acceptors (Lipinski definition) is 3. The van der Waals surface area contributed by atoms with Gasteiger partial charge < -0.3 is 14.3 Å². The molecule has 0 amide bonds. The highest BCUT2D eigenvalue weighted by Crippen LogP contribution is 2.32. The third-order valence-electron chi connectivity index (χ3n) is 3.40. The number of furan rings is 1. The lowest BCUT2D eigenvalue weighted by Gasteiger charge is -2.11. The lowest BCUT2D eigenvalue weighted by atomic mass is 9.99. The molecule has 1 aromatic carbocycles. The van der Waals surface area contributed by atoms with Gasteiger partial charge in [0.1, 0.15) is 23.4 Å². The van der Waals surface area contributed by atoms with E-state index >= 15 is 0 Å². The van der Waals surface area contributed by atoms with E-state index in [0.29, 0.717) is 0 Å². The molecule has 0 radical (unpaired) electrons. The fraction of sp³-hybridized carbons (Fsp3) is 0.333. The topological polar surface area (TPSA) is 42.6 Å². The molecule has 1 aromatic heterocycles. The van der Waals surface area contributed by atoms with Crippen LogP contribution in [0, 0.1) is 13.8 Å². The van der Waals surface area contributed by atoms with Crippen LogP contribution in [0.5, 0.6) is 5.75 Å². The van der Waals surface area contributed by atoms with Crippen LogP contribution in [0.4, 0.5) is 0 Å². The summed E-state index contributed by atoms with van der Waals surface area (Å²) < 4.78 is 10.9. The zero-order valence-corrected chi connectivity index (χ0v) is 10.6. The van der Waals surface area contributed by atoms with Crippen molar-refractivity contribution in [1.82, 2.24) is 0 Å². The molecule has 3 rings (SSSR count). The van der Waals surface area contributed by atoms with Crippen molar-refractivity contribution >= 4 is 0 Å².